The van der Waals surface area contributed by atoms with Crippen molar-refractivity contribution in [1.29, 1.82) is 0 Å². The molecule has 1 aromatic rings. The summed E-state index contributed by atoms with van der Waals surface area (Å²) in [6.07, 6.45) is 0. The molecular weight excluding hydrogens is 256 g/mol. The molecular formula is C14H22N4O2. The fourth-order valence-corrected chi connectivity index (χ4v) is 2.59. The number of hydrogen-bond acceptors (Lipinski definition) is 6. The van der Waals surface area contributed by atoms with Crippen LogP contribution in [0.4, 0.5) is 11.5 Å². The molecule has 1 aliphatic heterocycles. The van der Waals surface area contributed by atoms with Gasteiger partial charge in [-0.25, -0.2) is 9.78 Å². The average Bonchev–Trinajstić information content (AvgIpc) is 2.46. The van der Waals surface area contributed by atoms with Crippen LogP contribution in [0.1, 0.15) is 24.3 Å². The maximum atomic E-state index is 11.6. The summed E-state index contributed by atoms with van der Waals surface area (Å²) in [6, 6.07) is 3.75. The number of nitrogen functional groups attached to an aromatic ring is 1. The normalized spacial score (nSPS) is 19.9. The molecule has 2 heterocycles. The number of nitrogens with zero attached hydrogens (tertiary/aromatic N) is 3. The Bertz CT molecular complexity index is 492. The van der Waals surface area contributed by atoms with E-state index in [9.17, 15) is 4.79 Å². The van der Waals surface area contributed by atoms with Crippen LogP contribution in [0.2, 0.25) is 0 Å². The zero-order chi connectivity index (χ0) is 14.7. The number of aromatic nitrogens is 1. The second-order valence-corrected chi connectivity index (χ2v) is 5.02. The van der Waals surface area contributed by atoms with Crippen LogP contribution >= 0.6 is 0 Å². The number of anilines is 2. The van der Waals surface area contributed by atoms with E-state index in [-0.39, 0.29) is 0 Å². The third-order valence-electron chi connectivity index (χ3n) is 3.77. The number of rotatable bonds is 3. The number of nitrogens with two attached hydrogens (primary N) is 1. The molecule has 110 valence electrons. The van der Waals surface area contributed by atoms with E-state index in [0.717, 1.165) is 26.2 Å². The fraction of sp³-hybridized carbons (Fsp3) is 0.571. The Morgan fingerprint density at radius 2 is 2.25 bits per heavy atom. The summed E-state index contributed by atoms with van der Waals surface area (Å²) in [5, 5.41) is 0. The van der Waals surface area contributed by atoms with Gasteiger partial charge in [-0.3, -0.25) is 4.90 Å². The molecule has 6 heteroatoms. The van der Waals surface area contributed by atoms with E-state index in [0.29, 0.717) is 23.2 Å². The van der Waals surface area contributed by atoms with Crippen molar-refractivity contribution in [3.63, 3.8) is 0 Å². The Balaban J connectivity index is 2.22. The standard InChI is InChI=1S/C14H22N4O2/c1-4-17-7-8-18(9-10(17)2)13-11(15)5-6-12(16-13)14(19)20-3/h5-6,10H,4,7-9,15H2,1-3H3. The first-order chi connectivity index (χ1) is 9.56. The monoisotopic (exact) mass is 278 g/mol. The molecule has 1 atom stereocenters. The number of carbonyl (C=O) groups excluding carboxylic acids is 1. The predicted octanol–water partition coefficient (Wildman–Crippen LogP) is 0.981. The second-order valence-electron chi connectivity index (χ2n) is 5.02. The largest absolute Gasteiger partial charge is 0.464 e. The summed E-state index contributed by atoms with van der Waals surface area (Å²) in [7, 11) is 1.35. The van der Waals surface area contributed by atoms with Gasteiger partial charge in [0.1, 0.15) is 0 Å². The Morgan fingerprint density at radius 1 is 1.50 bits per heavy atom. The number of piperazine rings is 1. The summed E-state index contributed by atoms with van der Waals surface area (Å²) < 4.78 is 4.71. The van der Waals surface area contributed by atoms with E-state index >= 15 is 0 Å². The minimum atomic E-state index is -0.438. The maximum absolute atomic E-state index is 11.6. The Morgan fingerprint density at radius 3 is 2.85 bits per heavy atom. The molecule has 1 saturated heterocycles. The van der Waals surface area contributed by atoms with Gasteiger partial charge in [-0.1, -0.05) is 6.92 Å². The van der Waals surface area contributed by atoms with Crippen LogP contribution in [-0.2, 0) is 4.74 Å². The van der Waals surface area contributed by atoms with Crippen molar-refractivity contribution in [2.45, 2.75) is 19.9 Å². The number of ether oxygens (including phenoxy) is 1. The van der Waals surface area contributed by atoms with Crippen molar-refractivity contribution in [2.24, 2.45) is 0 Å². The summed E-state index contributed by atoms with van der Waals surface area (Å²) in [4.78, 5) is 20.5. The predicted molar refractivity (Wildman–Crippen MR) is 78.9 cm³/mol. The van der Waals surface area contributed by atoms with Crippen LogP contribution in [0.3, 0.4) is 0 Å². The molecule has 0 radical (unpaired) electrons. The quantitative estimate of drug-likeness (QED) is 0.831. The van der Waals surface area contributed by atoms with Crippen LogP contribution < -0.4 is 10.6 Å². The van der Waals surface area contributed by atoms with Crippen LogP contribution in [0.25, 0.3) is 0 Å². The lowest BCUT2D eigenvalue weighted by Crippen LogP contribution is -2.52. The molecule has 1 aromatic heterocycles. The van der Waals surface area contributed by atoms with Crippen LogP contribution in [0.5, 0.6) is 0 Å². The molecule has 0 aromatic carbocycles. The van der Waals surface area contributed by atoms with Gasteiger partial charge < -0.3 is 15.4 Å². The van der Waals surface area contributed by atoms with Crippen LogP contribution in [-0.4, -0.2) is 55.2 Å². The number of esters is 1. The molecule has 1 fully saturated rings. The third-order valence-corrected chi connectivity index (χ3v) is 3.77. The lowest BCUT2D eigenvalue weighted by molar-refractivity contribution is 0.0594. The minimum Gasteiger partial charge on any atom is -0.464 e. The molecule has 6 nitrogen and oxygen atoms in total. The summed E-state index contributed by atoms with van der Waals surface area (Å²) in [6.45, 7) is 8.09. The summed E-state index contributed by atoms with van der Waals surface area (Å²) >= 11 is 0. The Kier molecular flexibility index (Phi) is 4.44. The Labute approximate surface area is 119 Å². The van der Waals surface area contributed by atoms with Crippen molar-refractivity contribution in [3.05, 3.63) is 17.8 Å². The van der Waals surface area contributed by atoms with Crippen molar-refractivity contribution in [2.75, 3.05) is 43.9 Å². The first kappa shape index (κ1) is 14.6. The molecule has 2 rings (SSSR count). The molecule has 20 heavy (non-hydrogen) atoms. The van der Waals surface area contributed by atoms with E-state index in [4.69, 9.17) is 10.5 Å². The lowest BCUT2D eigenvalue weighted by atomic mass is 10.2. The molecule has 1 unspecified atom stereocenters. The first-order valence-corrected chi connectivity index (χ1v) is 6.90. The van der Waals surface area contributed by atoms with Crippen LogP contribution in [0.15, 0.2) is 12.1 Å². The van der Waals surface area contributed by atoms with Crippen LogP contribution in [0, 0.1) is 0 Å². The molecule has 0 amide bonds. The van der Waals surface area contributed by atoms with Crippen molar-refractivity contribution >= 4 is 17.5 Å². The van der Waals surface area contributed by atoms with Gasteiger partial charge in [0.15, 0.2) is 11.5 Å². The van der Waals surface area contributed by atoms with E-state index < -0.39 is 5.97 Å². The van der Waals surface area contributed by atoms with E-state index in [1.807, 2.05) is 0 Å². The van der Waals surface area contributed by atoms with Gasteiger partial charge in [0.2, 0.25) is 0 Å². The maximum Gasteiger partial charge on any atom is 0.356 e. The molecule has 0 saturated carbocycles. The van der Waals surface area contributed by atoms with Gasteiger partial charge >= 0.3 is 5.97 Å². The van der Waals surface area contributed by atoms with Gasteiger partial charge in [0, 0.05) is 25.7 Å². The molecule has 0 spiro atoms. The summed E-state index contributed by atoms with van der Waals surface area (Å²) in [5.41, 5.74) is 6.89. The highest BCUT2D eigenvalue weighted by atomic mass is 16.5. The van der Waals surface area contributed by atoms with Gasteiger partial charge in [0.25, 0.3) is 0 Å². The third kappa shape index (κ3) is 2.85. The van der Waals surface area contributed by atoms with Crippen molar-refractivity contribution in [3.8, 4) is 0 Å². The van der Waals surface area contributed by atoms with Crippen molar-refractivity contribution in [1.82, 2.24) is 9.88 Å². The lowest BCUT2D eigenvalue weighted by Gasteiger charge is -2.40. The van der Waals surface area contributed by atoms with E-state index in [2.05, 4.69) is 28.6 Å². The number of pyridine rings is 1. The minimum absolute atomic E-state index is 0.294. The average molecular weight is 278 g/mol. The zero-order valence-corrected chi connectivity index (χ0v) is 12.3. The number of likely N-dealkylation sites (N-methyl/N-ethyl adjacent to an activating group) is 1. The van der Waals surface area contributed by atoms with Gasteiger partial charge in [0.05, 0.1) is 12.8 Å². The van der Waals surface area contributed by atoms with E-state index in [1.165, 1.54) is 7.11 Å². The molecule has 2 N–H and O–H groups in total. The zero-order valence-electron chi connectivity index (χ0n) is 12.3. The van der Waals surface area contributed by atoms with Gasteiger partial charge in [-0.2, -0.15) is 0 Å². The summed E-state index contributed by atoms with van der Waals surface area (Å²) in [5.74, 6) is 0.238. The number of methoxy groups -OCH3 is 1. The second kappa shape index (κ2) is 6.09. The fourth-order valence-electron chi connectivity index (χ4n) is 2.59. The highest BCUT2D eigenvalue weighted by molar-refractivity contribution is 5.88. The molecule has 1 aliphatic rings. The highest BCUT2D eigenvalue weighted by Gasteiger charge is 2.25. The SMILES string of the molecule is CCN1CCN(c2nc(C(=O)OC)ccc2N)CC1C. The smallest absolute Gasteiger partial charge is 0.356 e. The number of hydrogen-bond donors (Lipinski definition) is 1. The Hall–Kier alpha value is -1.82. The first-order valence-electron chi connectivity index (χ1n) is 6.90. The van der Waals surface area contributed by atoms with Gasteiger partial charge in [-0.15, -0.1) is 0 Å². The molecule has 0 aliphatic carbocycles. The number of carbonyl (C=O) groups is 1. The van der Waals surface area contributed by atoms with Gasteiger partial charge in [-0.05, 0) is 25.6 Å². The van der Waals surface area contributed by atoms with Crippen molar-refractivity contribution < 1.29 is 9.53 Å². The topological polar surface area (TPSA) is 71.7 Å². The molecule has 0 bridgehead atoms. The highest BCUT2D eigenvalue weighted by Crippen LogP contribution is 2.24. The van der Waals surface area contributed by atoms with E-state index in [1.54, 1.807) is 12.1 Å².